The van der Waals surface area contributed by atoms with Crippen molar-refractivity contribution >= 4 is 6.47 Å². The fourth-order valence-electron chi connectivity index (χ4n) is 1.81. The van der Waals surface area contributed by atoms with Crippen LogP contribution in [0.15, 0.2) is 0 Å². The van der Waals surface area contributed by atoms with E-state index >= 15 is 0 Å². The van der Waals surface area contributed by atoms with Crippen LogP contribution in [0, 0.1) is 0 Å². The van der Waals surface area contributed by atoms with Crippen LogP contribution in [0.25, 0.3) is 0 Å². The molecule has 3 heteroatoms. The van der Waals surface area contributed by atoms with Gasteiger partial charge in [0.25, 0.3) is 6.47 Å². The van der Waals surface area contributed by atoms with Gasteiger partial charge in [-0.2, -0.15) is 0 Å². The molecule has 2 rings (SSSR count). The average molecular weight is 156 g/mol. The first kappa shape index (κ1) is 7.10. The van der Waals surface area contributed by atoms with Gasteiger partial charge in [0, 0.05) is 6.42 Å². The van der Waals surface area contributed by atoms with Gasteiger partial charge in [0.15, 0.2) is 0 Å². The maximum absolute atomic E-state index is 10.1. The monoisotopic (exact) mass is 156 g/mol. The van der Waals surface area contributed by atoms with Gasteiger partial charge in [-0.05, 0) is 19.8 Å². The number of carbonyl (C=O) groups is 1. The second kappa shape index (κ2) is 2.21. The van der Waals surface area contributed by atoms with Crippen molar-refractivity contribution in [3.63, 3.8) is 0 Å². The van der Waals surface area contributed by atoms with Crippen LogP contribution in [0.3, 0.4) is 0 Å². The third-order valence-corrected chi connectivity index (χ3v) is 2.61. The van der Waals surface area contributed by atoms with Crippen molar-refractivity contribution < 1.29 is 14.3 Å². The van der Waals surface area contributed by atoms with E-state index < -0.39 is 0 Å². The molecule has 0 amide bonds. The Kier molecular flexibility index (Phi) is 1.42. The molecule has 1 aliphatic heterocycles. The molecule has 1 saturated heterocycles. The summed E-state index contributed by atoms with van der Waals surface area (Å²) in [7, 11) is 0. The molecular formula is C8H12O3. The largest absolute Gasteiger partial charge is 0.461 e. The smallest absolute Gasteiger partial charge is 0.293 e. The highest BCUT2D eigenvalue weighted by molar-refractivity contribution is 5.38. The van der Waals surface area contributed by atoms with E-state index in [0.29, 0.717) is 18.7 Å². The second-order valence-corrected chi connectivity index (χ2v) is 3.62. The summed E-state index contributed by atoms with van der Waals surface area (Å²) in [5.41, 5.74) is -0.251. The van der Waals surface area contributed by atoms with Crippen molar-refractivity contribution in [2.45, 2.75) is 44.0 Å². The summed E-state index contributed by atoms with van der Waals surface area (Å²) in [5, 5.41) is 0. The van der Waals surface area contributed by atoms with Gasteiger partial charge in [0.2, 0.25) is 0 Å². The van der Waals surface area contributed by atoms with Crippen molar-refractivity contribution in [1.29, 1.82) is 0 Å². The van der Waals surface area contributed by atoms with Crippen LogP contribution in [-0.4, -0.2) is 24.3 Å². The summed E-state index contributed by atoms with van der Waals surface area (Å²) in [6, 6.07) is 0. The Morgan fingerprint density at radius 1 is 1.64 bits per heavy atom. The van der Waals surface area contributed by atoms with E-state index in [0.717, 1.165) is 19.3 Å². The van der Waals surface area contributed by atoms with Gasteiger partial charge >= 0.3 is 0 Å². The highest BCUT2D eigenvalue weighted by Gasteiger charge is 2.49. The highest BCUT2D eigenvalue weighted by Crippen LogP contribution is 2.42. The zero-order valence-corrected chi connectivity index (χ0v) is 6.58. The molecule has 1 aliphatic carbocycles. The molecule has 3 nitrogen and oxygen atoms in total. The minimum Gasteiger partial charge on any atom is -0.461 e. The number of fused-ring (bicyclic) bond motifs is 1. The molecule has 2 aliphatic rings. The summed E-state index contributed by atoms with van der Waals surface area (Å²) in [5.74, 6) is 0. The van der Waals surface area contributed by atoms with Gasteiger partial charge in [0.05, 0.1) is 12.2 Å². The predicted molar refractivity (Wildman–Crippen MR) is 38.1 cm³/mol. The molecule has 0 aromatic carbocycles. The van der Waals surface area contributed by atoms with Crippen molar-refractivity contribution in [1.82, 2.24) is 0 Å². The lowest BCUT2D eigenvalue weighted by Gasteiger charge is -2.29. The molecule has 0 bridgehead atoms. The maximum atomic E-state index is 10.1. The van der Waals surface area contributed by atoms with E-state index in [1.165, 1.54) is 0 Å². The van der Waals surface area contributed by atoms with Crippen molar-refractivity contribution in [2.24, 2.45) is 0 Å². The van der Waals surface area contributed by atoms with Crippen molar-refractivity contribution in [3.05, 3.63) is 0 Å². The molecule has 1 saturated carbocycles. The SMILES string of the molecule is CC1(OC=O)CCC2OC2C1. The zero-order chi connectivity index (χ0) is 7.90. The number of ether oxygens (including phenoxy) is 2. The van der Waals surface area contributed by atoms with Crippen molar-refractivity contribution in [3.8, 4) is 0 Å². The van der Waals surface area contributed by atoms with E-state index in [2.05, 4.69) is 0 Å². The van der Waals surface area contributed by atoms with Crippen LogP contribution in [0.5, 0.6) is 0 Å². The Morgan fingerprint density at radius 3 is 3.09 bits per heavy atom. The van der Waals surface area contributed by atoms with E-state index in [4.69, 9.17) is 9.47 Å². The first-order valence-electron chi connectivity index (χ1n) is 4.00. The first-order valence-corrected chi connectivity index (χ1v) is 4.00. The summed E-state index contributed by atoms with van der Waals surface area (Å²) < 4.78 is 10.3. The molecule has 1 heterocycles. The number of rotatable bonds is 2. The molecule has 0 radical (unpaired) electrons. The molecular weight excluding hydrogens is 144 g/mol. The minimum atomic E-state index is -0.251. The molecule has 3 unspecified atom stereocenters. The van der Waals surface area contributed by atoms with Gasteiger partial charge < -0.3 is 9.47 Å². The maximum Gasteiger partial charge on any atom is 0.293 e. The number of hydrogen-bond donors (Lipinski definition) is 0. The van der Waals surface area contributed by atoms with Crippen LogP contribution in [0.1, 0.15) is 26.2 Å². The quantitative estimate of drug-likeness (QED) is 0.440. The molecule has 0 spiro atoms. The number of carbonyl (C=O) groups excluding carboxylic acids is 1. The van der Waals surface area contributed by atoms with Gasteiger partial charge in [-0.3, -0.25) is 4.79 Å². The average Bonchev–Trinajstić information content (AvgIpc) is 2.65. The molecule has 0 N–H and O–H groups in total. The second-order valence-electron chi connectivity index (χ2n) is 3.62. The normalized spacial score (nSPS) is 47.7. The zero-order valence-electron chi connectivity index (χ0n) is 6.58. The van der Waals surface area contributed by atoms with E-state index in [-0.39, 0.29) is 5.60 Å². The van der Waals surface area contributed by atoms with Crippen LogP contribution in [0.4, 0.5) is 0 Å². The first-order chi connectivity index (χ1) is 5.23. The molecule has 62 valence electrons. The summed E-state index contributed by atoms with van der Waals surface area (Å²) in [6.45, 7) is 2.52. The van der Waals surface area contributed by atoms with Crippen molar-refractivity contribution in [2.75, 3.05) is 0 Å². The highest BCUT2D eigenvalue weighted by atomic mass is 16.6. The summed E-state index contributed by atoms with van der Waals surface area (Å²) >= 11 is 0. The molecule has 2 fully saturated rings. The Balaban J connectivity index is 1.96. The molecule has 0 aromatic heterocycles. The standard InChI is InChI=1S/C8H12O3/c1-8(10-5-9)3-2-6-7(4-8)11-6/h5-7H,2-4H2,1H3. The van der Waals surface area contributed by atoms with Gasteiger partial charge in [0.1, 0.15) is 5.60 Å². The van der Waals surface area contributed by atoms with Crippen LogP contribution in [0.2, 0.25) is 0 Å². The summed E-state index contributed by atoms with van der Waals surface area (Å²) in [4.78, 5) is 10.1. The lowest BCUT2D eigenvalue weighted by atomic mass is 9.86. The van der Waals surface area contributed by atoms with Gasteiger partial charge in [-0.25, -0.2) is 0 Å². The third kappa shape index (κ3) is 1.25. The molecule has 3 atom stereocenters. The van der Waals surface area contributed by atoms with E-state index in [1.54, 1.807) is 0 Å². The fraction of sp³-hybridized carbons (Fsp3) is 0.875. The Hall–Kier alpha value is -0.570. The van der Waals surface area contributed by atoms with E-state index in [1.807, 2.05) is 6.92 Å². The fourth-order valence-corrected chi connectivity index (χ4v) is 1.81. The predicted octanol–water partition coefficient (Wildman–Crippen LogP) is 0.869. The lowest BCUT2D eigenvalue weighted by molar-refractivity contribution is -0.144. The Labute approximate surface area is 65.7 Å². The topological polar surface area (TPSA) is 38.8 Å². The lowest BCUT2D eigenvalue weighted by Crippen LogP contribution is -2.34. The van der Waals surface area contributed by atoms with Gasteiger partial charge in [-0.1, -0.05) is 0 Å². The Morgan fingerprint density at radius 2 is 2.45 bits per heavy atom. The Bertz CT molecular complexity index is 180. The van der Waals surface area contributed by atoms with E-state index in [9.17, 15) is 4.79 Å². The van der Waals surface area contributed by atoms with Crippen LogP contribution < -0.4 is 0 Å². The van der Waals surface area contributed by atoms with Gasteiger partial charge in [-0.15, -0.1) is 0 Å². The molecule has 11 heavy (non-hydrogen) atoms. The van der Waals surface area contributed by atoms with Crippen LogP contribution in [-0.2, 0) is 14.3 Å². The third-order valence-electron chi connectivity index (χ3n) is 2.61. The number of hydrogen-bond acceptors (Lipinski definition) is 3. The minimum absolute atomic E-state index is 0.251. The molecule has 0 aromatic rings. The number of epoxide rings is 1. The van der Waals surface area contributed by atoms with Crippen LogP contribution >= 0.6 is 0 Å². The summed E-state index contributed by atoms with van der Waals surface area (Å²) in [6.07, 6.45) is 3.69.